The van der Waals surface area contributed by atoms with Gasteiger partial charge in [-0.05, 0) is 68.9 Å². The fourth-order valence-corrected chi connectivity index (χ4v) is 4.94. The van der Waals surface area contributed by atoms with Gasteiger partial charge in [0.1, 0.15) is 5.75 Å². The van der Waals surface area contributed by atoms with Crippen LogP contribution in [0.5, 0.6) is 5.75 Å². The molecule has 2 aromatic rings. The Kier molecular flexibility index (Phi) is 4.92. The Bertz CT molecular complexity index is 705. The minimum atomic E-state index is 0.460. The monoisotopic (exact) mass is 327 g/mol. The number of nitrogens with zero attached hydrogens (tertiary/aromatic N) is 1. The van der Waals surface area contributed by atoms with Crippen LogP contribution in [0.15, 0.2) is 30.3 Å². The Morgan fingerprint density at radius 2 is 1.70 bits per heavy atom. The second-order valence-corrected chi connectivity index (χ2v) is 7.91. The van der Waals surface area contributed by atoms with Crippen LogP contribution in [0.3, 0.4) is 0 Å². The number of piperidine rings is 1. The number of rotatable bonds is 3. The molecule has 1 aliphatic rings. The van der Waals surface area contributed by atoms with Crippen LogP contribution in [0.2, 0.25) is 0 Å². The third-order valence-electron chi connectivity index (χ3n) is 4.65. The SMILES string of the molecule is Cc1cc(C)c(O)c(Pc2c(C)cccc2N2CCCCC2)c1. The average molecular weight is 327 g/mol. The van der Waals surface area contributed by atoms with E-state index in [2.05, 4.69) is 43.0 Å². The van der Waals surface area contributed by atoms with Gasteiger partial charge in [0.15, 0.2) is 0 Å². The average Bonchev–Trinajstić information content (AvgIpc) is 2.54. The van der Waals surface area contributed by atoms with Crippen LogP contribution in [0.1, 0.15) is 36.0 Å². The third-order valence-corrected chi connectivity index (χ3v) is 6.20. The molecule has 0 saturated carbocycles. The lowest BCUT2D eigenvalue weighted by Gasteiger charge is -2.31. The summed E-state index contributed by atoms with van der Waals surface area (Å²) in [7, 11) is 0.499. The Labute approximate surface area is 141 Å². The summed E-state index contributed by atoms with van der Waals surface area (Å²) >= 11 is 0. The van der Waals surface area contributed by atoms with Gasteiger partial charge in [-0.15, -0.1) is 0 Å². The zero-order valence-electron chi connectivity index (χ0n) is 14.3. The van der Waals surface area contributed by atoms with Crippen molar-refractivity contribution in [3.63, 3.8) is 0 Å². The molecular formula is C20H26NOP. The van der Waals surface area contributed by atoms with Gasteiger partial charge in [0.25, 0.3) is 0 Å². The van der Waals surface area contributed by atoms with E-state index in [9.17, 15) is 5.11 Å². The van der Waals surface area contributed by atoms with Crippen LogP contribution in [0, 0.1) is 20.8 Å². The first-order valence-electron chi connectivity index (χ1n) is 8.48. The molecule has 3 heteroatoms. The predicted octanol–water partition coefficient (Wildman–Crippen LogP) is 3.94. The summed E-state index contributed by atoms with van der Waals surface area (Å²) in [6.45, 7) is 8.58. The molecule has 0 aromatic heterocycles. The van der Waals surface area contributed by atoms with Gasteiger partial charge in [0.05, 0.1) is 0 Å². The Hall–Kier alpha value is -1.53. The van der Waals surface area contributed by atoms with Crippen LogP contribution in [-0.4, -0.2) is 18.2 Å². The minimum Gasteiger partial charge on any atom is -0.507 e. The molecule has 1 N–H and O–H groups in total. The molecule has 0 amide bonds. The molecule has 1 fully saturated rings. The standard InChI is InChI=1S/C20H26NOP/c1-14-12-16(3)19(22)18(13-14)23-20-15(2)8-7-9-17(20)21-10-5-4-6-11-21/h7-9,12-13,22-23H,4-6,10-11H2,1-3H3. The number of phenols is 1. The minimum absolute atomic E-state index is 0.460. The van der Waals surface area contributed by atoms with Gasteiger partial charge >= 0.3 is 0 Å². The maximum absolute atomic E-state index is 10.5. The molecule has 1 heterocycles. The molecule has 0 bridgehead atoms. The molecule has 1 saturated heterocycles. The van der Waals surface area contributed by atoms with E-state index in [1.54, 1.807) is 0 Å². The Morgan fingerprint density at radius 1 is 0.957 bits per heavy atom. The lowest BCUT2D eigenvalue weighted by molar-refractivity contribution is 0.475. The summed E-state index contributed by atoms with van der Waals surface area (Å²) < 4.78 is 0. The van der Waals surface area contributed by atoms with Gasteiger partial charge in [-0.3, -0.25) is 0 Å². The Balaban J connectivity index is 1.99. The van der Waals surface area contributed by atoms with Gasteiger partial charge in [-0.2, -0.15) is 0 Å². The number of hydrogen-bond acceptors (Lipinski definition) is 2. The van der Waals surface area contributed by atoms with Crippen molar-refractivity contribution in [2.75, 3.05) is 18.0 Å². The first-order chi connectivity index (χ1) is 11.1. The largest absolute Gasteiger partial charge is 0.507 e. The first kappa shape index (κ1) is 16.3. The molecule has 2 nitrogen and oxygen atoms in total. The van der Waals surface area contributed by atoms with E-state index in [1.807, 2.05) is 13.0 Å². The van der Waals surface area contributed by atoms with Crippen LogP contribution >= 0.6 is 8.58 Å². The number of hydrogen-bond donors (Lipinski definition) is 1. The highest BCUT2D eigenvalue weighted by Crippen LogP contribution is 2.29. The number of benzene rings is 2. The molecule has 23 heavy (non-hydrogen) atoms. The Morgan fingerprint density at radius 3 is 2.43 bits per heavy atom. The summed E-state index contributed by atoms with van der Waals surface area (Å²) in [5, 5.41) is 12.9. The maximum Gasteiger partial charge on any atom is 0.126 e. The summed E-state index contributed by atoms with van der Waals surface area (Å²) in [5.41, 5.74) is 4.88. The van der Waals surface area contributed by atoms with Crippen molar-refractivity contribution in [3.05, 3.63) is 47.0 Å². The topological polar surface area (TPSA) is 23.5 Å². The number of aromatic hydroxyl groups is 1. The molecule has 1 atom stereocenters. The van der Waals surface area contributed by atoms with Crippen LogP contribution in [-0.2, 0) is 0 Å². The van der Waals surface area contributed by atoms with Crippen molar-refractivity contribution in [1.29, 1.82) is 0 Å². The number of phenolic OH excluding ortho intramolecular Hbond substituents is 1. The fourth-order valence-electron chi connectivity index (χ4n) is 3.40. The summed E-state index contributed by atoms with van der Waals surface area (Å²) in [6.07, 6.45) is 3.91. The summed E-state index contributed by atoms with van der Waals surface area (Å²) in [4.78, 5) is 2.53. The van der Waals surface area contributed by atoms with E-state index >= 15 is 0 Å². The molecule has 3 rings (SSSR count). The molecule has 1 unspecified atom stereocenters. The van der Waals surface area contributed by atoms with Crippen molar-refractivity contribution in [2.24, 2.45) is 0 Å². The van der Waals surface area contributed by atoms with E-state index in [4.69, 9.17) is 0 Å². The lowest BCUT2D eigenvalue weighted by atomic mass is 10.1. The lowest BCUT2D eigenvalue weighted by Crippen LogP contribution is -2.33. The van der Waals surface area contributed by atoms with Gasteiger partial charge in [-0.1, -0.05) is 26.8 Å². The molecule has 1 aliphatic heterocycles. The number of anilines is 1. The van der Waals surface area contributed by atoms with Crippen molar-refractivity contribution in [3.8, 4) is 5.75 Å². The van der Waals surface area contributed by atoms with Crippen molar-refractivity contribution in [2.45, 2.75) is 40.0 Å². The van der Waals surface area contributed by atoms with E-state index in [-0.39, 0.29) is 0 Å². The first-order valence-corrected chi connectivity index (χ1v) is 9.48. The molecule has 122 valence electrons. The predicted molar refractivity (Wildman–Crippen MR) is 102 cm³/mol. The van der Waals surface area contributed by atoms with Crippen molar-refractivity contribution < 1.29 is 5.11 Å². The quantitative estimate of drug-likeness (QED) is 0.863. The van der Waals surface area contributed by atoms with Crippen LogP contribution in [0.25, 0.3) is 0 Å². The normalized spacial score (nSPS) is 15.5. The zero-order chi connectivity index (χ0) is 16.4. The van der Waals surface area contributed by atoms with Gasteiger partial charge in [0, 0.05) is 29.4 Å². The van der Waals surface area contributed by atoms with Crippen LogP contribution < -0.4 is 15.5 Å². The molecule has 0 radical (unpaired) electrons. The number of aryl methyl sites for hydroxylation is 3. The second kappa shape index (κ2) is 6.93. The van der Waals surface area contributed by atoms with Gasteiger partial charge in [0.2, 0.25) is 0 Å². The second-order valence-electron chi connectivity index (χ2n) is 6.62. The fraction of sp³-hybridized carbons (Fsp3) is 0.400. The van der Waals surface area contributed by atoms with E-state index in [0.717, 1.165) is 24.0 Å². The highest BCUT2D eigenvalue weighted by molar-refractivity contribution is 7.56. The summed E-state index contributed by atoms with van der Waals surface area (Å²) in [6, 6.07) is 10.8. The van der Waals surface area contributed by atoms with Crippen molar-refractivity contribution in [1.82, 2.24) is 0 Å². The van der Waals surface area contributed by atoms with Crippen LogP contribution in [0.4, 0.5) is 5.69 Å². The molecule has 0 spiro atoms. The maximum atomic E-state index is 10.5. The zero-order valence-corrected chi connectivity index (χ0v) is 15.3. The molecular weight excluding hydrogens is 301 g/mol. The van der Waals surface area contributed by atoms with Crippen molar-refractivity contribution >= 4 is 24.9 Å². The highest BCUT2D eigenvalue weighted by Gasteiger charge is 2.17. The van der Waals surface area contributed by atoms with E-state index in [0.29, 0.717) is 14.3 Å². The van der Waals surface area contributed by atoms with E-state index in [1.165, 1.54) is 41.4 Å². The van der Waals surface area contributed by atoms with Gasteiger partial charge in [-0.25, -0.2) is 0 Å². The molecule has 0 aliphatic carbocycles. The summed E-state index contributed by atoms with van der Waals surface area (Å²) in [5.74, 6) is 0.460. The van der Waals surface area contributed by atoms with Gasteiger partial charge < -0.3 is 10.0 Å². The highest BCUT2D eigenvalue weighted by atomic mass is 31.1. The molecule has 2 aromatic carbocycles. The van der Waals surface area contributed by atoms with E-state index < -0.39 is 0 Å². The third kappa shape index (κ3) is 3.53. The smallest absolute Gasteiger partial charge is 0.126 e.